The SMILES string of the molecule is CCNC(=NCc1sccc1C)NCCCN1CCN(c2ncccn2)CC1.I. The Kier molecular flexibility index (Phi) is 10.6. The Morgan fingerprint density at radius 3 is 2.59 bits per heavy atom. The largest absolute Gasteiger partial charge is 0.357 e. The van der Waals surface area contributed by atoms with E-state index in [9.17, 15) is 0 Å². The first-order chi connectivity index (χ1) is 13.8. The highest BCUT2D eigenvalue weighted by atomic mass is 127. The summed E-state index contributed by atoms with van der Waals surface area (Å²) in [6, 6.07) is 4.01. The molecule has 2 aromatic rings. The van der Waals surface area contributed by atoms with Crippen LogP contribution >= 0.6 is 35.3 Å². The van der Waals surface area contributed by atoms with Gasteiger partial charge in [0.2, 0.25) is 5.95 Å². The van der Waals surface area contributed by atoms with Gasteiger partial charge in [0, 0.05) is 56.5 Å². The summed E-state index contributed by atoms with van der Waals surface area (Å²) in [5.41, 5.74) is 1.32. The van der Waals surface area contributed by atoms with Crippen molar-refractivity contribution < 1.29 is 0 Å². The van der Waals surface area contributed by atoms with Gasteiger partial charge in [0.05, 0.1) is 6.54 Å². The highest BCUT2D eigenvalue weighted by Crippen LogP contribution is 2.16. The molecule has 0 atom stereocenters. The van der Waals surface area contributed by atoms with Crippen LogP contribution in [-0.4, -0.2) is 66.6 Å². The van der Waals surface area contributed by atoms with E-state index in [-0.39, 0.29) is 24.0 Å². The first-order valence-corrected chi connectivity index (χ1v) is 10.9. The van der Waals surface area contributed by atoms with Gasteiger partial charge in [-0.2, -0.15) is 0 Å². The molecule has 0 aromatic carbocycles. The van der Waals surface area contributed by atoms with E-state index in [1.807, 2.05) is 18.5 Å². The van der Waals surface area contributed by atoms with Crippen molar-refractivity contribution in [2.75, 3.05) is 50.7 Å². The Morgan fingerprint density at radius 1 is 1.17 bits per heavy atom. The summed E-state index contributed by atoms with van der Waals surface area (Å²) in [6.07, 6.45) is 4.72. The van der Waals surface area contributed by atoms with Crippen LogP contribution in [0.2, 0.25) is 0 Å². The van der Waals surface area contributed by atoms with E-state index in [4.69, 9.17) is 4.99 Å². The van der Waals surface area contributed by atoms with Crippen LogP contribution in [0.15, 0.2) is 34.9 Å². The molecule has 0 spiro atoms. The number of halogens is 1. The molecule has 0 radical (unpaired) electrons. The Labute approximate surface area is 195 Å². The van der Waals surface area contributed by atoms with Gasteiger partial charge in [-0.25, -0.2) is 15.0 Å². The van der Waals surface area contributed by atoms with Gasteiger partial charge in [0.1, 0.15) is 0 Å². The number of aromatic nitrogens is 2. The maximum absolute atomic E-state index is 4.72. The fourth-order valence-corrected chi connectivity index (χ4v) is 4.02. The molecule has 29 heavy (non-hydrogen) atoms. The fraction of sp³-hybridized carbons (Fsp3) is 0.550. The Balaban J connectivity index is 0.00000300. The van der Waals surface area contributed by atoms with Gasteiger partial charge in [-0.15, -0.1) is 35.3 Å². The van der Waals surface area contributed by atoms with Gasteiger partial charge < -0.3 is 15.5 Å². The smallest absolute Gasteiger partial charge is 0.225 e. The maximum atomic E-state index is 4.72. The molecule has 0 unspecified atom stereocenters. The molecule has 1 fully saturated rings. The van der Waals surface area contributed by atoms with Gasteiger partial charge in [-0.3, -0.25) is 4.90 Å². The van der Waals surface area contributed by atoms with E-state index < -0.39 is 0 Å². The highest BCUT2D eigenvalue weighted by molar-refractivity contribution is 14.0. The van der Waals surface area contributed by atoms with E-state index in [2.05, 4.69) is 55.7 Å². The van der Waals surface area contributed by atoms with E-state index >= 15 is 0 Å². The van der Waals surface area contributed by atoms with E-state index in [1.165, 1.54) is 10.4 Å². The molecule has 0 saturated carbocycles. The minimum Gasteiger partial charge on any atom is -0.357 e. The first kappa shape index (κ1) is 23.8. The molecular formula is C20H32IN7S. The number of aliphatic imine (C=N–C) groups is 1. The van der Waals surface area contributed by atoms with Crippen LogP contribution in [0, 0.1) is 6.92 Å². The molecule has 160 valence electrons. The van der Waals surface area contributed by atoms with Crippen molar-refractivity contribution in [1.82, 2.24) is 25.5 Å². The topological polar surface area (TPSA) is 68.7 Å². The van der Waals surface area contributed by atoms with Gasteiger partial charge in [0.15, 0.2) is 5.96 Å². The number of hydrogen-bond acceptors (Lipinski definition) is 6. The first-order valence-electron chi connectivity index (χ1n) is 10.1. The van der Waals surface area contributed by atoms with E-state index in [0.29, 0.717) is 0 Å². The average molecular weight is 529 g/mol. The lowest BCUT2D eigenvalue weighted by Gasteiger charge is -2.34. The molecule has 0 amide bonds. The van der Waals surface area contributed by atoms with Crippen LogP contribution in [0.5, 0.6) is 0 Å². The lowest BCUT2D eigenvalue weighted by atomic mass is 10.3. The number of hydrogen-bond donors (Lipinski definition) is 2. The normalized spacial score (nSPS) is 15.1. The zero-order valence-electron chi connectivity index (χ0n) is 17.3. The maximum Gasteiger partial charge on any atom is 0.225 e. The summed E-state index contributed by atoms with van der Waals surface area (Å²) in [6.45, 7) is 12.0. The monoisotopic (exact) mass is 529 g/mol. The van der Waals surface area contributed by atoms with Crippen molar-refractivity contribution in [3.63, 3.8) is 0 Å². The van der Waals surface area contributed by atoms with Crippen molar-refractivity contribution >= 4 is 47.2 Å². The molecule has 1 aliphatic rings. The Bertz CT molecular complexity index is 729. The van der Waals surface area contributed by atoms with Crippen molar-refractivity contribution in [3.8, 4) is 0 Å². The molecule has 7 nitrogen and oxygen atoms in total. The van der Waals surface area contributed by atoms with Crippen LogP contribution in [0.1, 0.15) is 23.8 Å². The highest BCUT2D eigenvalue weighted by Gasteiger charge is 2.18. The predicted octanol–water partition coefficient (Wildman–Crippen LogP) is 2.73. The molecule has 2 aromatic heterocycles. The Hall–Kier alpha value is -1.46. The number of nitrogens with zero attached hydrogens (tertiary/aromatic N) is 5. The zero-order valence-corrected chi connectivity index (χ0v) is 20.5. The van der Waals surface area contributed by atoms with Crippen LogP contribution in [0.4, 0.5) is 5.95 Å². The van der Waals surface area contributed by atoms with Crippen LogP contribution in [0.3, 0.4) is 0 Å². The van der Waals surface area contributed by atoms with Gasteiger partial charge in [-0.1, -0.05) is 0 Å². The number of aryl methyl sites for hydroxylation is 1. The molecule has 1 aliphatic heterocycles. The van der Waals surface area contributed by atoms with Gasteiger partial charge in [-0.05, 0) is 49.9 Å². The second-order valence-electron chi connectivity index (χ2n) is 6.88. The standard InChI is InChI=1S/C20H31N7S.HI/c1-3-21-19(25-16-18-17(2)6-15-28-18)22-9-5-10-26-11-13-27(14-12-26)20-23-7-4-8-24-20;/h4,6-8,15H,3,5,9-14,16H2,1-2H3,(H2,21,22,25);1H. The van der Waals surface area contributed by atoms with Gasteiger partial charge in [0.25, 0.3) is 0 Å². The summed E-state index contributed by atoms with van der Waals surface area (Å²) in [5.74, 6) is 1.75. The lowest BCUT2D eigenvalue weighted by molar-refractivity contribution is 0.254. The van der Waals surface area contributed by atoms with E-state index in [0.717, 1.165) is 70.7 Å². The van der Waals surface area contributed by atoms with Crippen LogP contribution in [0.25, 0.3) is 0 Å². The molecule has 0 bridgehead atoms. The summed E-state index contributed by atoms with van der Waals surface area (Å²) >= 11 is 1.77. The summed E-state index contributed by atoms with van der Waals surface area (Å²) in [5, 5.41) is 8.93. The zero-order chi connectivity index (χ0) is 19.6. The second-order valence-corrected chi connectivity index (χ2v) is 7.88. The molecule has 0 aliphatic carbocycles. The predicted molar refractivity (Wildman–Crippen MR) is 133 cm³/mol. The molecule has 3 heterocycles. The number of nitrogens with one attached hydrogen (secondary N) is 2. The number of anilines is 1. The van der Waals surface area contributed by atoms with Crippen LogP contribution < -0.4 is 15.5 Å². The average Bonchev–Trinajstić information content (AvgIpc) is 3.15. The number of thiophene rings is 1. The molecule has 9 heteroatoms. The fourth-order valence-electron chi connectivity index (χ4n) is 3.19. The van der Waals surface area contributed by atoms with E-state index in [1.54, 1.807) is 11.3 Å². The van der Waals surface area contributed by atoms with Crippen molar-refractivity contribution in [2.24, 2.45) is 4.99 Å². The van der Waals surface area contributed by atoms with Crippen LogP contribution in [-0.2, 0) is 6.54 Å². The summed E-state index contributed by atoms with van der Waals surface area (Å²) in [4.78, 5) is 19.5. The van der Waals surface area contributed by atoms with Gasteiger partial charge >= 0.3 is 0 Å². The third kappa shape index (κ3) is 7.71. The summed E-state index contributed by atoms with van der Waals surface area (Å²) in [7, 11) is 0. The minimum atomic E-state index is 0. The molecular weight excluding hydrogens is 497 g/mol. The number of piperazine rings is 1. The number of guanidine groups is 1. The summed E-state index contributed by atoms with van der Waals surface area (Å²) < 4.78 is 0. The molecule has 2 N–H and O–H groups in total. The Morgan fingerprint density at radius 2 is 1.93 bits per heavy atom. The minimum absolute atomic E-state index is 0. The third-order valence-corrected chi connectivity index (χ3v) is 5.85. The lowest BCUT2D eigenvalue weighted by Crippen LogP contribution is -2.47. The van der Waals surface area contributed by atoms with Crippen molar-refractivity contribution in [3.05, 3.63) is 40.3 Å². The molecule has 1 saturated heterocycles. The van der Waals surface area contributed by atoms with Crippen molar-refractivity contribution in [1.29, 1.82) is 0 Å². The quantitative estimate of drug-likeness (QED) is 0.237. The third-order valence-electron chi connectivity index (χ3n) is 4.84. The molecule has 3 rings (SSSR count). The second kappa shape index (κ2) is 13.0. The number of rotatable bonds is 8. The van der Waals surface area contributed by atoms with Crippen molar-refractivity contribution in [2.45, 2.75) is 26.8 Å².